The summed E-state index contributed by atoms with van der Waals surface area (Å²) in [5.41, 5.74) is 0.302. The zero-order valence-corrected chi connectivity index (χ0v) is 13.8. The minimum Gasteiger partial charge on any atom is -0.495 e. The van der Waals surface area contributed by atoms with E-state index in [9.17, 15) is 13.2 Å². The first kappa shape index (κ1) is 16.8. The molecule has 0 aromatic heterocycles. The quantitative estimate of drug-likeness (QED) is 0.912. The minimum absolute atomic E-state index is 0.0537. The number of methoxy groups -OCH3 is 1. The van der Waals surface area contributed by atoms with Crippen molar-refractivity contribution >= 4 is 15.9 Å². The molecule has 6 nitrogen and oxygen atoms in total. The zero-order chi connectivity index (χ0) is 16.2. The molecule has 0 radical (unpaired) electrons. The maximum atomic E-state index is 12.9. The first-order valence-corrected chi connectivity index (χ1v) is 8.85. The Hall–Kier alpha value is -1.60. The van der Waals surface area contributed by atoms with Crippen molar-refractivity contribution < 1.29 is 17.9 Å². The number of sulfonamides is 1. The summed E-state index contributed by atoms with van der Waals surface area (Å²) in [6, 6.07) is 4.46. The van der Waals surface area contributed by atoms with Crippen LogP contribution in [0.5, 0.6) is 5.75 Å². The predicted octanol–water partition coefficient (Wildman–Crippen LogP) is 1.62. The van der Waals surface area contributed by atoms with Gasteiger partial charge in [-0.15, -0.1) is 0 Å². The highest BCUT2D eigenvalue weighted by molar-refractivity contribution is 7.89. The van der Waals surface area contributed by atoms with Gasteiger partial charge in [-0.05, 0) is 31.0 Å². The molecule has 0 aliphatic carbocycles. The molecule has 0 bridgehead atoms. The summed E-state index contributed by atoms with van der Waals surface area (Å²) in [4.78, 5) is 11.8. The lowest BCUT2D eigenvalue weighted by Gasteiger charge is -2.21. The van der Waals surface area contributed by atoms with E-state index in [1.165, 1.54) is 30.6 Å². The van der Waals surface area contributed by atoms with Crippen molar-refractivity contribution in [3.8, 4) is 5.75 Å². The Morgan fingerprint density at radius 3 is 2.36 bits per heavy atom. The van der Waals surface area contributed by atoms with Crippen LogP contribution in [-0.4, -0.2) is 45.9 Å². The molecule has 1 amide bonds. The van der Waals surface area contributed by atoms with Gasteiger partial charge < -0.3 is 10.1 Å². The Kier molecular flexibility index (Phi) is 5.42. The second kappa shape index (κ2) is 7.11. The molecule has 0 spiro atoms. The number of rotatable bonds is 4. The summed E-state index contributed by atoms with van der Waals surface area (Å²) < 4.78 is 32.5. The molecule has 1 fully saturated rings. The van der Waals surface area contributed by atoms with Gasteiger partial charge in [0.1, 0.15) is 10.6 Å². The molecule has 1 saturated heterocycles. The Labute approximate surface area is 131 Å². The maximum Gasteiger partial charge on any atom is 0.251 e. The van der Waals surface area contributed by atoms with E-state index in [2.05, 4.69) is 5.32 Å². The topological polar surface area (TPSA) is 75.7 Å². The van der Waals surface area contributed by atoms with E-state index in [1.807, 2.05) is 0 Å². The molecule has 122 valence electrons. The molecule has 1 aromatic carbocycles. The van der Waals surface area contributed by atoms with Gasteiger partial charge in [-0.25, -0.2) is 8.42 Å². The summed E-state index contributed by atoms with van der Waals surface area (Å²) in [5, 5.41) is 2.50. The molecule has 1 heterocycles. The Morgan fingerprint density at radius 2 is 1.82 bits per heavy atom. The van der Waals surface area contributed by atoms with E-state index >= 15 is 0 Å². The third-order valence-corrected chi connectivity index (χ3v) is 5.76. The fourth-order valence-electron chi connectivity index (χ4n) is 2.58. The fourth-order valence-corrected chi connectivity index (χ4v) is 4.28. The lowest BCUT2D eigenvalue weighted by Crippen LogP contribution is -2.32. The van der Waals surface area contributed by atoms with Crippen LogP contribution in [0.4, 0.5) is 0 Å². The lowest BCUT2D eigenvalue weighted by molar-refractivity contribution is 0.0963. The van der Waals surface area contributed by atoms with E-state index in [0.29, 0.717) is 18.7 Å². The molecule has 2 rings (SSSR count). The SMILES string of the molecule is CNC(=O)c1ccc(OC)c(S(=O)(=O)N2CCCCCC2)c1. The van der Waals surface area contributed by atoms with Crippen molar-refractivity contribution in [1.82, 2.24) is 9.62 Å². The van der Waals surface area contributed by atoms with Crippen molar-refractivity contribution in [2.75, 3.05) is 27.2 Å². The molecular formula is C15H22N2O4S. The smallest absolute Gasteiger partial charge is 0.251 e. The second-order valence-electron chi connectivity index (χ2n) is 5.26. The summed E-state index contributed by atoms with van der Waals surface area (Å²) in [5.74, 6) is -0.0631. The van der Waals surface area contributed by atoms with Gasteiger partial charge in [-0.3, -0.25) is 4.79 Å². The number of amides is 1. The van der Waals surface area contributed by atoms with Crippen molar-refractivity contribution in [2.24, 2.45) is 0 Å². The van der Waals surface area contributed by atoms with Gasteiger partial charge in [0.05, 0.1) is 7.11 Å². The number of nitrogens with zero attached hydrogens (tertiary/aromatic N) is 1. The molecule has 1 aliphatic rings. The van der Waals surface area contributed by atoms with Crippen LogP contribution in [0.3, 0.4) is 0 Å². The summed E-state index contributed by atoms with van der Waals surface area (Å²) in [6.07, 6.45) is 3.80. The first-order valence-electron chi connectivity index (χ1n) is 7.41. The number of ether oxygens (including phenoxy) is 1. The van der Waals surface area contributed by atoms with Crippen LogP contribution in [-0.2, 0) is 10.0 Å². The molecule has 22 heavy (non-hydrogen) atoms. The van der Waals surface area contributed by atoms with Gasteiger partial charge >= 0.3 is 0 Å². The van der Waals surface area contributed by atoms with Gasteiger partial charge in [0, 0.05) is 25.7 Å². The van der Waals surface area contributed by atoms with Crippen LogP contribution < -0.4 is 10.1 Å². The van der Waals surface area contributed by atoms with Crippen LogP contribution in [0, 0.1) is 0 Å². The summed E-state index contributed by atoms with van der Waals surface area (Å²) in [6.45, 7) is 1.02. The number of nitrogens with one attached hydrogen (secondary N) is 1. The summed E-state index contributed by atoms with van der Waals surface area (Å²) >= 11 is 0. The van der Waals surface area contributed by atoms with Crippen molar-refractivity contribution in [1.29, 1.82) is 0 Å². The molecule has 0 atom stereocenters. The van der Waals surface area contributed by atoms with Gasteiger partial charge in [0.25, 0.3) is 5.91 Å². The first-order chi connectivity index (χ1) is 10.5. The van der Waals surface area contributed by atoms with E-state index < -0.39 is 10.0 Å². The van der Waals surface area contributed by atoms with Crippen LogP contribution in [0.25, 0.3) is 0 Å². The van der Waals surface area contributed by atoms with E-state index in [0.717, 1.165) is 25.7 Å². The molecule has 0 unspecified atom stereocenters. The summed E-state index contributed by atoms with van der Waals surface area (Å²) in [7, 11) is -0.728. The highest BCUT2D eigenvalue weighted by atomic mass is 32.2. The van der Waals surface area contributed by atoms with Gasteiger partial charge in [0.2, 0.25) is 10.0 Å². The highest BCUT2D eigenvalue weighted by Crippen LogP contribution is 2.29. The number of benzene rings is 1. The Bertz CT molecular complexity index is 635. The van der Waals surface area contributed by atoms with E-state index in [-0.39, 0.29) is 16.6 Å². The van der Waals surface area contributed by atoms with E-state index in [1.54, 1.807) is 6.07 Å². The Morgan fingerprint density at radius 1 is 1.18 bits per heavy atom. The fraction of sp³-hybridized carbons (Fsp3) is 0.533. The van der Waals surface area contributed by atoms with E-state index in [4.69, 9.17) is 4.74 Å². The highest BCUT2D eigenvalue weighted by Gasteiger charge is 2.29. The zero-order valence-electron chi connectivity index (χ0n) is 13.0. The number of hydrogen-bond acceptors (Lipinski definition) is 4. The van der Waals surface area contributed by atoms with Crippen LogP contribution in [0.15, 0.2) is 23.1 Å². The minimum atomic E-state index is -3.66. The van der Waals surface area contributed by atoms with Gasteiger partial charge in [-0.2, -0.15) is 4.31 Å². The molecule has 1 aliphatic heterocycles. The molecular weight excluding hydrogens is 304 g/mol. The number of carbonyl (C=O) groups is 1. The van der Waals surface area contributed by atoms with Crippen LogP contribution in [0.1, 0.15) is 36.0 Å². The van der Waals surface area contributed by atoms with Crippen LogP contribution in [0.2, 0.25) is 0 Å². The monoisotopic (exact) mass is 326 g/mol. The normalized spacial score (nSPS) is 16.8. The molecule has 1 aromatic rings. The average molecular weight is 326 g/mol. The lowest BCUT2D eigenvalue weighted by atomic mass is 10.2. The van der Waals surface area contributed by atoms with Crippen LogP contribution >= 0.6 is 0 Å². The Balaban J connectivity index is 2.45. The second-order valence-corrected chi connectivity index (χ2v) is 7.17. The van der Waals surface area contributed by atoms with Crippen molar-refractivity contribution in [3.05, 3.63) is 23.8 Å². The predicted molar refractivity (Wildman–Crippen MR) is 83.6 cm³/mol. The largest absolute Gasteiger partial charge is 0.495 e. The number of carbonyl (C=O) groups excluding carboxylic acids is 1. The molecule has 7 heteroatoms. The average Bonchev–Trinajstić information content (AvgIpc) is 2.83. The third-order valence-electron chi connectivity index (χ3n) is 3.84. The van der Waals surface area contributed by atoms with Gasteiger partial charge in [0.15, 0.2) is 0 Å². The van der Waals surface area contributed by atoms with Gasteiger partial charge in [-0.1, -0.05) is 12.8 Å². The molecule has 0 saturated carbocycles. The third kappa shape index (κ3) is 3.41. The maximum absolute atomic E-state index is 12.9. The standard InChI is InChI=1S/C15H22N2O4S/c1-16-15(18)12-7-8-13(21-2)14(11-12)22(19,20)17-9-5-3-4-6-10-17/h7-8,11H,3-6,9-10H2,1-2H3,(H,16,18). The van der Waals surface area contributed by atoms with Crippen molar-refractivity contribution in [3.63, 3.8) is 0 Å². The number of hydrogen-bond donors (Lipinski definition) is 1. The molecule has 1 N–H and O–H groups in total. The van der Waals surface area contributed by atoms with Crippen molar-refractivity contribution in [2.45, 2.75) is 30.6 Å².